The van der Waals surface area contributed by atoms with Crippen LogP contribution in [0.2, 0.25) is 0 Å². The number of fused-ring (bicyclic) bond motifs is 1. The van der Waals surface area contributed by atoms with E-state index in [0.29, 0.717) is 0 Å². The van der Waals surface area contributed by atoms with Crippen molar-refractivity contribution in [1.29, 1.82) is 0 Å². The van der Waals surface area contributed by atoms with Gasteiger partial charge in [-0.2, -0.15) is 0 Å². The first kappa shape index (κ1) is 21.2. The molecule has 0 radical (unpaired) electrons. The zero-order valence-electron chi connectivity index (χ0n) is 15.4. The highest BCUT2D eigenvalue weighted by Crippen LogP contribution is 2.46. The van der Waals surface area contributed by atoms with Gasteiger partial charge >= 0.3 is 12.1 Å². The average Bonchev–Trinajstić information content (AvgIpc) is 2.81. The van der Waals surface area contributed by atoms with Crippen LogP contribution < -0.4 is 10.9 Å². The van der Waals surface area contributed by atoms with Gasteiger partial charge in [0.1, 0.15) is 16.7 Å². The summed E-state index contributed by atoms with van der Waals surface area (Å²) >= 11 is 0. The molecular weight excluding hydrogens is 426 g/mol. The number of hydrogen-bond donors (Lipinski definition) is 5. The van der Waals surface area contributed by atoms with Crippen molar-refractivity contribution in [3.8, 4) is 11.5 Å². The monoisotopic (exact) mass is 443 g/mol. The van der Waals surface area contributed by atoms with Gasteiger partial charge in [-0.1, -0.05) is 0 Å². The number of ether oxygens (including phenoxy) is 1. The largest absolute Gasteiger partial charge is 0.504 e. The summed E-state index contributed by atoms with van der Waals surface area (Å²) in [5, 5.41) is 26.7. The molecule has 2 aliphatic heterocycles. The van der Waals surface area contributed by atoms with E-state index in [4.69, 9.17) is 4.74 Å². The molecule has 0 aromatic heterocycles. The number of sulfone groups is 1. The smallest absolute Gasteiger partial charge is 0.426 e. The molecule has 162 valence electrons. The number of carbonyl (C=O) groups is 4. The number of rotatable bonds is 4. The van der Waals surface area contributed by atoms with Gasteiger partial charge in [-0.25, -0.2) is 23.4 Å². The average molecular weight is 443 g/mol. The number of carboxylic acid groups (broad SMARTS) is 1. The number of aliphatic carboxylic acids is 1. The Bertz CT molecular complexity index is 1060. The summed E-state index contributed by atoms with van der Waals surface area (Å²) < 4.78 is 28.1. The second-order valence-corrected chi connectivity index (χ2v) is 9.48. The summed E-state index contributed by atoms with van der Waals surface area (Å²) in [6.07, 6.45) is -1.63. The number of carbonyl (C=O) groups excluding carboxylic acids is 3. The van der Waals surface area contributed by atoms with Crippen molar-refractivity contribution < 1.29 is 47.7 Å². The first-order chi connectivity index (χ1) is 13.9. The number of nitrogens with one attached hydrogen (secondary N) is 2. The quantitative estimate of drug-likeness (QED) is 0.211. The molecule has 30 heavy (non-hydrogen) atoms. The summed E-state index contributed by atoms with van der Waals surface area (Å²) in [7, 11) is -4.15. The Labute approximate surface area is 169 Å². The summed E-state index contributed by atoms with van der Waals surface area (Å²) in [6.45, 7) is 0.187. The van der Waals surface area contributed by atoms with E-state index in [2.05, 4.69) is 0 Å². The Morgan fingerprint density at radius 1 is 1.23 bits per heavy atom. The molecule has 3 atom stereocenters. The lowest BCUT2D eigenvalue weighted by Crippen LogP contribution is -2.58. The van der Waals surface area contributed by atoms with E-state index in [-0.39, 0.29) is 12.0 Å². The molecular formula is C16H17N3O10S. The molecule has 0 aliphatic carbocycles. The van der Waals surface area contributed by atoms with E-state index in [1.54, 1.807) is 0 Å². The molecule has 0 unspecified atom stereocenters. The van der Waals surface area contributed by atoms with Gasteiger partial charge in [-0.05, 0) is 25.1 Å². The van der Waals surface area contributed by atoms with Gasteiger partial charge in [0.25, 0.3) is 5.91 Å². The molecule has 1 aromatic carbocycles. The number of aromatic hydroxyl groups is 2. The lowest BCUT2D eigenvalue weighted by atomic mass is 9.97. The highest BCUT2D eigenvalue weighted by atomic mass is 32.2. The molecule has 2 saturated heterocycles. The number of phenols is 2. The van der Waals surface area contributed by atoms with Crippen molar-refractivity contribution in [2.75, 3.05) is 6.61 Å². The van der Waals surface area contributed by atoms with E-state index in [0.717, 1.165) is 30.0 Å². The normalized spacial score (nSPS) is 26.3. The number of phenolic OH excluding ortho intramolecular Hbond substituents is 2. The second kappa shape index (κ2) is 7.05. The highest BCUT2D eigenvalue weighted by molar-refractivity contribution is 7.94. The fourth-order valence-electron chi connectivity index (χ4n) is 3.36. The maximum Gasteiger partial charge on any atom is 0.426 e. The number of hydrogen-bond acceptors (Lipinski definition) is 9. The SMILES string of the molecule is C[C@]1(COC(=O)NNC(=O)c2ccc(O)c(O)c2)[C@H](C(=O)O)N2C(=O)C[C@H]2S1(=O)=O. The molecule has 13 nitrogen and oxygen atoms in total. The Hall–Kier alpha value is -3.55. The minimum absolute atomic E-state index is 0.121. The van der Waals surface area contributed by atoms with E-state index >= 15 is 0 Å². The summed E-state index contributed by atoms with van der Waals surface area (Å²) in [5.74, 6) is -4.10. The molecule has 3 amide bonds. The van der Waals surface area contributed by atoms with Crippen molar-refractivity contribution in [3.05, 3.63) is 23.8 Å². The molecule has 3 rings (SSSR count). The first-order valence-electron chi connectivity index (χ1n) is 8.42. The van der Waals surface area contributed by atoms with Gasteiger partial charge in [-0.15, -0.1) is 0 Å². The number of benzene rings is 1. The van der Waals surface area contributed by atoms with Crippen molar-refractivity contribution in [2.45, 2.75) is 29.5 Å². The van der Waals surface area contributed by atoms with Crippen LogP contribution in [0.5, 0.6) is 11.5 Å². The molecule has 0 spiro atoms. The van der Waals surface area contributed by atoms with Crippen LogP contribution in [0.15, 0.2) is 18.2 Å². The van der Waals surface area contributed by atoms with Crippen LogP contribution in [-0.2, 0) is 24.2 Å². The molecule has 2 fully saturated rings. The van der Waals surface area contributed by atoms with Gasteiger partial charge < -0.3 is 25.0 Å². The van der Waals surface area contributed by atoms with Crippen molar-refractivity contribution >= 4 is 33.7 Å². The molecule has 0 bridgehead atoms. The highest BCUT2D eigenvalue weighted by Gasteiger charge is 2.70. The van der Waals surface area contributed by atoms with Gasteiger partial charge in [0.15, 0.2) is 27.4 Å². The zero-order valence-corrected chi connectivity index (χ0v) is 16.2. The van der Waals surface area contributed by atoms with Crippen LogP contribution in [0.3, 0.4) is 0 Å². The number of nitrogens with zero attached hydrogens (tertiary/aromatic N) is 1. The predicted molar refractivity (Wildman–Crippen MR) is 95.7 cm³/mol. The van der Waals surface area contributed by atoms with E-state index in [1.165, 1.54) is 0 Å². The van der Waals surface area contributed by atoms with Crippen LogP contribution in [-0.4, -0.2) is 75.3 Å². The van der Waals surface area contributed by atoms with Gasteiger partial charge in [-0.3, -0.25) is 15.0 Å². The fourth-order valence-corrected chi connectivity index (χ4v) is 5.63. The maximum absolute atomic E-state index is 12.7. The molecule has 0 saturated carbocycles. The lowest BCUT2D eigenvalue weighted by Gasteiger charge is -2.35. The van der Waals surface area contributed by atoms with Crippen LogP contribution in [0.1, 0.15) is 23.7 Å². The maximum atomic E-state index is 12.7. The Morgan fingerprint density at radius 3 is 2.47 bits per heavy atom. The number of amides is 3. The molecule has 2 heterocycles. The van der Waals surface area contributed by atoms with E-state index in [9.17, 15) is 42.9 Å². The molecule has 5 N–H and O–H groups in total. The van der Waals surface area contributed by atoms with Crippen LogP contribution >= 0.6 is 0 Å². The minimum Gasteiger partial charge on any atom is -0.504 e. The van der Waals surface area contributed by atoms with Crippen LogP contribution in [0.25, 0.3) is 0 Å². The predicted octanol–water partition coefficient (Wildman–Crippen LogP) is -1.33. The van der Waals surface area contributed by atoms with Crippen molar-refractivity contribution in [1.82, 2.24) is 15.8 Å². The van der Waals surface area contributed by atoms with E-state index in [1.807, 2.05) is 10.9 Å². The topological polar surface area (TPSA) is 200 Å². The Kier molecular flexibility index (Phi) is 4.97. The summed E-state index contributed by atoms with van der Waals surface area (Å²) in [4.78, 5) is 47.8. The Balaban J connectivity index is 1.64. The summed E-state index contributed by atoms with van der Waals surface area (Å²) in [6, 6.07) is 1.41. The Morgan fingerprint density at radius 2 is 1.90 bits per heavy atom. The van der Waals surface area contributed by atoms with Crippen molar-refractivity contribution in [3.63, 3.8) is 0 Å². The number of carboxylic acids is 1. The first-order valence-corrected chi connectivity index (χ1v) is 9.97. The number of β-lactam (4-membered cyclic amide) rings is 1. The lowest BCUT2D eigenvalue weighted by molar-refractivity contribution is -0.158. The minimum atomic E-state index is -4.15. The third kappa shape index (κ3) is 3.14. The zero-order chi connectivity index (χ0) is 22.4. The van der Waals surface area contributed by atoms with Crippen LogP contribution in [0, 0.1) is 0 Å². The molecule has 2 aliphatic rings. The molecule has 1 aromatic rings. The van der Waals surface area contributed by atoms with Gasteiger partial charge in [0.05, 0.1) is 6.42 Å². The fraction of sp³-hybridized carbons (Fsp3) is 0.375. The summed E-state index contributed by atoms with van der Waals surface area (Å²) in [5.41, 5.74) is 3.66. The van der Waals surface area contributed by atoms with Crippen molar-refractivity contribution in [2.24, 2.45) is 0 Å². The third-order valence-electron chi connectivity index (χ3n) is 5.05. The standard InChI is InChI=1S/C16H17N3O10S/c1-16(12(14(24)25)19-10(22)5-11(19)30(16,27)28)6-29-15(26)18-17-13(23)7-2-3-8(20)9(21)4-7/h2-4,11-12,20-21H,5-6H2,1H3,(H,17,23)(H,18,26)(H,24,25)/t11-,12+,16+/m1/s1. The van der Waals surface area contributed by atoms with Gasteiger partial charge in [0, 0.05) is 5.56 Å². The molecule has 14 heteroatoms. The third-order valence-corrected chi connectivity index (χ3v) is 7.80. The van der Waals surface area contributed by atoms with Gasteiger partial charge in [0.2, 0.25) is 5.91 Å². The van der Waals surface area contributed by atoms with Crippen LogP contribution in [0.4, 0.5) is 4.79 Å². The number of hydrazine groups is 1. The second-order valence-electron chi connectivity index (χ2n) is 6.92. The van der Waals surface area contributed by atoms with E-state index < -0.39 is 68.0 Å².